The van der Waals surface area contributed by atoms with Crippen LogP contribution in [0.15, 0.2) is 37.1 Å². The van der Waals surface area contributed by atoms with Crippen LogP contribution in [0.25, 0.3) is 5.82 Å². The zero-order valence-electron chi connectivity index (χ0n) is 8.63. The highest BCUT2D eigenvalue weighted by Gasteiger charge is 2.05. The van der Waals surface area contributed by atoms with Crippen molar-refractivity contribution in [1.82, 2.24) is 14.5 Å². The summed E-state index contributed by atoms with van der Waals surface area (Å²) < 4.78 is 7.44. The molecule has 4 heteroatoms. The topological polar surface area (TPSA) is 39.9 Å². The molecule has 2 heterocycles. The Balaban J connectivity index is 2.30. The van der Waals surface area contributed by atoms with E-state index in [4.69, 9.17) is 4.74 Å². The van der Waals surface area contributed by atoms with Gasteiger partial charge < -0.3 is 4.74 Å². The van der Waals surface area contributed by atoms with Gasteiger partial charge in [-0.25, -0.2) is 9.97 Å². The molecule has 0 spiro atoms. The fourth-order valence-electron chi connectivity index (χ4n) is 1.29. The van der Waals surface area contributed by atoms with Gasteiger partial charge in [0.2, 0.25) is 0 Å². The van der Waals surface area contributed by atoms with Gasteiger partial charge in [0.1, 0.15) is 6.33 Å². The number of imidazole rings is 1. The third-order valence-electron chi connectivity index (χ3n) is 1.96. The lowest BCUT2D eigenvalue weighted by Crippen LogP contribution is -2.02. The average molecular weight is 203 g/mol. The van der Waals surface area contributed by atoms with Crippen molar-refractivity contribution >= 4 is 0 Å². The first-order valence-electron chi connectivity index (χ1n) is 4.98. The largest absolute Gasteiger partial charge is 0.490 e. The van der Waals surface area contributed by atoms with Crippen LogP contribution in [0.1, 0.15) is 13.3 Å². The zero-order valence-corrected chi connectivity index (χ0v) is 8.63. The third-order valence-corrected chi connectivity index (χ3v) is 1.96. The summed E-state index contributed by atoms with van der Waals surface area (Å²) in [5.74, 6) is 1.57. The van der Waals surface area contributed by atoms with Crippen molar-refractivity contribution in [2.24, 2.45) is 0 Å². The highest BCUT2D eigenvalue weighted by atomic mass is 16.5. The smallest absolute Gasteiger partial charge is 0.180 e. The zero-order chi connectivity index (χ0) is 10.5. The summed E-state index contributed by atoms with van der Waals surface area (Å²) in [6.07, 6.45) is 8.01. The van der Waals surface area contributed by atoms with E-state index in [9.17, 15) is 0 Å². The van der Waals surface area contributed by atoms with Crippen molar-refractivity contribution in [2.45, 2.75) is 13.3 Å². The SMILES string of the molecule is CCCOc1cccnc1-n1ccnc1. The van der Waals surface area contributed by atoms with Gasteiger partial charge in [-0.05, 0) is 18.6 Å². The summed E-state index contributed by atoms with van der Waals surface area (Å²) in [7, 11) is 0. The lowest BCUT2D eigenvalue weighted by Gasteiger charge is -2.09. The summed E-state index contributed by atoms with van der Waals surface area (Å²) in [4.78, 5) is 8.26. The van der Waals surface area contributed by atoms with Crippen LogP contribution in [0.2, 0.25) is 0 Å². The Labute approximate surface area is 88.6 Å². The number of hydrogen-bond donors (Lipinski definition) is 0. The maximum absolute atomic E-state index is 5.60. The number of hydrogen-bond acceptors (Lipinski definition) is 3. The maximum Gasteiger partial charge on any atom is 0.180 e. The predicted octanol–water partition coefficient (Wildman–Crippen LogP) is 2.06. The van der Waals surface area contributed by atoms with Crippen LogP contribution >= 0.6 is 0 Å². The van der Waals surface area contributed by atoms with Crippen molar-refractivity contribution in [3.05, 3.63) is 37.1 Å². The summed E-state index contributed by atoms with van der Waals surface area (Å²) in [6.45, 7) is 2.78. The number of aromatic nitrogens is 3. The van der Waals surface area contributed by atoms with Crippen molar-refractivity contribution in [3.8, 4) is 11.6 Å². The Morgan fingerprint density at radius 2 is 2.33 bits per heavy atom. The highest BCUT2D eigenvalue weighted by Crippen LogP contribution is 2.19. The number of rotatable bonds is 4. The third kappa shape index (κ3) is 2.15. The van der Waals surface area contributed by atoms with E-state index in [0.29, 0.717) is 6.61 Å². The molecule has 0 bridgehead atoms. The minimum absolute atomic E-state index is 0.702. The van der Waals surface area contributed by atoms with Crippen LogP contribution in [0, 0.1) is 0 Å². The Morgan fingerprint density at radius 3 is 3.07 bits per heavy atom. The predicted molar refractivity (Wildman–Crippen MR) is 57.1 cm³/mol. The van der Waals surface area contributed by atoms with Crippen molar-refractivity contribution in [2.75, 3.05) is 6.61 Å². The quantitative estimate of drug-likeness (QED) is 0.763. The van der Waals surface area contributed by atoms with Crippen LogP contribution < -0.4 is 4.74 Å². The monoisotopic (exact) mass is 203 g/mol. The van der Waals surface area contributed by atoms with Gasteiger partial charge in [0.15, 0.2) is 11.6 Å². The molecule has 0 aliphatic rings. The lowest BCUT2D eigenvalue weighted by atomic mass is 10.4. The van der Waals surface area contributed by atoms with Gasteiger partial charge >= 0.3 is 0 Å². The Morgan fingerprint density at radius 1 is 1.40 bits per heavy atom. The maximum atomic E-state index is 5.60. The van der Waals surface area contributed by atoms with E-state index in [0.717, 1.165) is 18.0 Å². The highest BCUT2D eigenvalue weighted by molar-refractivity contribution is 5.39. The first-order valence-corrected chi connectivity index (χ1v) is 4.98. The van der Waals surface area contributed by atoms with Gasteiger partial charge in [-0.2, -0.15) is 0 Å². The molecular weight excluding hydrogens is 190 g/mol. The van der Waals surface area contributed by atoms with Crippen molar-refractivity contribution in [3.63, 3.8) is 0 Å². The van der Waals surface area contributed by atoms with Crippen molar-refractivity contribution < 1.29 is 4.74 Å². The standard InChI is InChI=1S/C11H13N3O/c1-2-8-15-10-4-3-5-13-11(10)14-7-6-12-9-14/h3-7,9H,2,8H2,1H3. The molecule has 0 aliphatic carbocycles. The Kier molecular flexibility index (Phi) is 2.97. The van der Waals surface area contributed by atoms with Gasteiger partial charge in [0.05, 0.1) is 6.61 Å². The van der Waals surface area contributed by atoms with Crippen LogP contribution in [0.4, 0.5) is 0 Å². The summed E-state index contributed by atoms with van der Waals surface area (Å²) in [6, 6.07) is 3.78. The van der Waals surface area contributed by atoms with E-state index in [1.807, 2.05) is 22.9 Å². The first-order chi connectivity index (χ1) is 7.42. The molecule has 0 aliphatic heterocycles. The number of nitrogens with zero attached hydrogens (tertiary/aromatic N) is 3. The molecule has 4 nitrogen and oxygen atoms in total. The van der Waals surface area contributed by atoms with Gasteiger partial charge in [-0.3, -0.25) is 4.57 Å². The number of pyridine rings is 1. The van der Waals surface area contributed by atoms with E-state index < -0.39 is 0 Å². The second kappa shape index (κ2) is 4.59. The fraction of sp³-hybridized carbons (Fsp3) is 0.273. The van der Waals surface area contributed by atoms with E-state index in [1.54, 1.807) is 18.7 Å². The van der Waals surface area contributed by atoms with Crippen LogP contribution in [0.5, 0.6) is 5.75 Å². The molecule has 0 aromatic carbocycles. The van der Waals surface area contributed by atoms with E-state index in [2.05, 4.69) is 16.9 Å². The van der Waals surface area contributed by atoms with Crippen molar-refractivity contribution in [1.29, 1.82) is 0 Å². The molecule has 0 amide bonds. The van der Waals surface area contributed by atoms with Crippen LogP contribution in [-0.2, 0) is 0 Å². The molecule has 0 radical (unpaired) electrons. The summed E-state index contributed by atoms with van der Waals surface area (Å²) >= 11 is 0. The van der Waals surface area contributed by atoms with Crippen LogP contribution in [0.3, 0.4) is 0 Å². The normalized spacial score (nSPS) is 10.2. The molecule has 2 aromatic rings. The Hall–Kier alpha value is -1.84. The van der Waals surface area contributed by atoms with Crippen LogP contribution in [-0.4, -0.2) is 21.1 Å². The van der Waals surface area contributed by atoms with Gasteiger partial charge in [0, 0.05) is 18.6 Å². The molecule has 0 saturated heterocycles. The minimum Gasteiger partial charge on any atom is -0.490 e. The van der Waals surface area contributed by atoms with Gasteiger partial charge in [-0.15, -0.1) is 0 Å². The van der Waals surface area contributed by atoms with Gasteiger partial charge in [-0.1, -0.05) is 6.92 Å². The fourth-order valence-corrected chi connectivity index (χ4v) is 1.29. The molecule has 0 unspecified atom stereocenters. The second-order valence-electron chi connectivity index (χ2n) is 3.14. The lowest BCUT2D eigenvalue weighted by molar-refractivity contribution is 0.315. The summed E-state index contributed by atoms with van der Waals surface area (Å²) in [5.41, 5.74) is 0. The van der Waals surface area contributed by atoms with E-state index in [1.165, 1.54) is 0 Å². The average Bonchev–Trinajstić information content (AvgIpc) is 2.80. The Bertz CT molecular complexity index is 412. The van der Waals surface area contributed by atoms with E-state index >= 15 is 0 Å². The molecule has 0 N–H and O–H groups in total. The molecule has 2 aromatic heterocycles. The van der Waals surface area contributed by atoms with E-state index in [-0.39, 0.29) is 0 Å². The number of ether oxygens (including phenoxy) is 1. The molecule has 0 atom stereocenters. The molecule has 78 valence electrons. The second-order valence-corrected chi connectivity index (χ2v) is 3.14. The summed E-state index contributed by atoms with van der Waals surface area (Å²) in [5, 5.41) is 0. The first kappa shape index (κ1) is 9.71. The van der Waals surface area contributed by atoms with Gasteiger partial charge in [0.25, 0.3) is 0 Å². The molecular formula is C11H13N3O. The molecule has 2 rings (SSSR count). The molecule has 0 fully saturated rings. The molecule has 15 heavy (non-hydrogen) atoms. The molecule has 0 saturated carbocycles. The minimum atomic E-state index is 0.702.